The first-order chi connectivity index (χ1) is 35.9. The molecule has 1 aliphatic heterocycles. The topological polar surface area (TPSA) is 183 Å². The fraction of sp³-hybridized carbons (Fsp3) is 0.459. The van der Waals surface area contributed by atoms with Gasteiger partial charge in [-0.25, -0.2) is 0 Å². The minimum Gasteiger partial charge on any atom is -0.670 e. The number of phenolic OH excluding ortho intramolecular Hbond substituents is 3. The maximum absolute atomic E-state index is 16.8. The van der Waals surface area contributed by atoms with Gasteiger partial charge in [0.15, 0.2) is 28.8 Å². The van der Waals surface area contributed by atoms with Crippen LogP contribution >= 0.6 is 21.6 Å². The van der Waals surface area contributed by atoms with E-state index < -0.39 is 40.9 Å². The molecule has 4 aliphatic rings. The van der Waals surface area contributed by atoms with Crippen LogP contribution in [-0.4, -0.2) is 81.3 Å². The van der Waals surface area contributed by atoms with Crippen LogP contribution in [0.5, 0.6) is 28.7 Å². The van der Waals surface area contributed by atoms with Crippen LogP contribution in [0.2, 0.25) is 0 Å². The summed E-state index contributed by atoms with van der Waals surface area (Å²) in [5.74, 6) is -1.41. The number of rotatable bonds is 12. The van der Waals surface area contributed by atoms with Gasteiger partial charge < -0.3 is 50.4 Å². The summed E-state index contributed by atoms with van der Waals surface area (Å²) >= 11 is 0. The number of ketones is 1. The third kappa shape index (κ3) is 9.93. The number of aliphatic hydroxyl groups is 3. The number of hydrogen-bond acceptors (Lipinski definition) is 12. The van der Waals surface area contributed by atoms with E-state index in [-0.39, 0.29) is 53.8 Å². The van der Waals surface area contributed by atoms with Crippen molar-refractivity contribution in [3.8, 4) is 28.7 Å². The van der Waals surface area contributed by atoms with Crippen molar-refractivity contribution in [3.63, 3.8) is 0 Å². The van der Waals surface area contributed by atoms with Gasteiger partial charge in [0, 0.05) is 29.2 Å². The zero-order chi connectivity index (χ0) is 51.7. The van der Waals surface area contributed by atoms with E-state index in [0.29, 0.717) is 47.6 Å². The van der Waals surface area contributed by atoms with Gasteiger partial charge in [0.1, 0.15) is 5.75 Å². The molecular weight excluding hydrogens is 969 g/mol. The third-order valence-electron chi connectivity index (χ3n) is 17.4. The number of nitrogens with one attached hydrogen (secondary N) is 1. The first-order valence-corrected chi connectivity index (χ1v) is 29.1. The number of hydrogen-bond donors (Lipinski definition) is 7. The second kappa shape index (κ2) is 22.2. The van der Waals surface area contributed by atoms with E-state index >= 15 is 4.79 Å². The highest BCUT2D eigenvalue weighted by molar-refractivity contribution is 8.76. The molecule has 3 fully saturated rings. The molecule has 7 N–H and O–H groups in total. The van der Waals surface area contributed by atoms with Crippen LogP contribution in [0.15, 0.2) is 97.3 Å². The second-order valence-electron chi connectivity index (χ2n) is 21.5. The van der Waals surface area contributed by atoms with Gasteiger partial charge in [-0.1, -0.05) is 102 Å². The van der Waals surface area contributed by atoms with Crippen molar-refractivity contribution in [3.05, 3.63) is 147 Å². The van der Waals surface area contributed by atoms with E-state index in [1.54, 1.807) is 66.7 Å². The van der Waals surface area contributed by atoms with Crippen molar-refractivity contribution in [1.29, 1.82) is 0 Å². The predicted octanol–water partition coefficient (Wildman–Crippen LogP) is 10.3. The standard InChI is InChI=1S/C61H71N2O9S2/c1-4-38-15-16-39-10-9-13-47-53(34-64)74-73-35-42-27-54(68)61(32-36-14-18-50(66)52(25-36)72-46-11-5-6-12-46,44-28-43(29-45(65)30-44)60(62-2)21-7-8-22-60)59(70)56(42)57(69)41(24-37-20-23-63-33-37)26-40-17-19-51(67)58(71-3)49(40)31-48(38)55(39)47/h9-10,13-20,23,25,28-30,33,41-42,46,53-54,56-57,62,64-69H,4-8,11-12,21-22,24,26-27,31-32,34-35H2,1-3H3/q-1/t41-,42+,53+,54-,56-,57+,61-/m1/s1. The molecule has 0 radical (unpaired) electrons. The molecule has 0 bridgehead atoms. The number of phenols is 3. The van der Waals surface area contributed by atoms with Crippen LogP contribution in [-0.2, 0) is 47.9 Å². The maximum Gasteiger partial charge on any atom is 0.164 e. The average molecular weight is 1040 g/mol. The Labute approximate surface area is 442 Å². The summed E-state index contributed by atoms with van der Waals surface area (Å²) in [5, 5.41) is 77.9. The summed E-state index contributed by atoms with van der Waals surface area (Å²) in [6, 6.07) is 26.6. The summed E-state index contributed by atoms with van der Waals surface area (Å²) in [5.41, 5.74) is 5.57. The number of benzene rings is 5. The number of carbonyl (C=O) groups is 1. The number of nitrogens with zero attached hydrogens (tertiary/aromatic N) is 1. The molecular formula is C61H71N2O9S2-. The molecule has 2 heterocycles. The van der Waals surface area contributed by atoms with Gasteiger partial charge in [0.05, 0.1) is 42.7 Å². The van der Waals surface area contributed by atoms with Gasteiger partial charge in [-0.15, -0.1) is 0 Å². The molecule has 3 saturated carbocycles. The van der Waals surface area contributed by atoms with E-state index in [4.69, 9.17) is 9.47 Å². The van der Waals surface area contributed by atoms with E-state index in [2.05, 4.69) is 41.5 Å². The summed E-state index contributed by atoms with van der Waals surface area (Å²) < 4.78 is 12.5. The summed E-state index contributed by atoms with van der Waals surface area (Å²) in [4.78, 5) is 21.2. The molecule has 74 heavy (non-hydrogen) atoms. The van der Waals surface area contributed by atoms with E-state index in [1.165, 1.54) is 10.8 Å². The van der Waals surface area contributed by atoms with Gasteiger partial charge in [-0.2, -0.15) is 12.4 Å². The van der Waals surface area contributed by atoms with Crippen molar-refractivity contribution in [1.82, 2.24) is 10.3 Å². The molecule has 1 aromatic heterocycles. The van der Waals surface area contributed by atoms with Crippen LogP contribution < -0.4 is 19.8 Å². The normalized spacial score (nSPS) is 25.5. The Balaban J connectivity index is 1.16. The molecule has 10 rings (SSSR count). The smallest absolute Gasteiger partial charge is 0.164 e. The molecule has 3 aliphatic carbocycles. The van der Waals surface area contributed by atoms with E-state index in [0.717, 1.165) is 108 Å². The predicted molar refractivity (Wildman–Crippen MR) is 294 cm³/mol. The van der Waals surface area contributed by atoms with Gasteiger partial charge in [0.25, 0.3) is 0 Å². The molecule has 5 aromatic carbocycles. The third-order valence-corrected chi connectivity index (χ3v) is 20.2. The summed E-state index contributed by atoms with van der Waals surface area (Å²) in [6.45, 7) is 1.98. The largest absolute Gasteiger partial charge is 0.670 e. The van der Waals surface area contributed by atoms with Crippen molar-refractivity contribution in [2.45, 2.75) is 131 Å². The van der Waals surface area contributed by atoms with Gasteiger partial charge in [-0.3, -0.25) is 4.79 Å². The molecule has 0 saturated heterocycles. The lowest BCUT2D eigenvalue weighted by Crippen LogP contribution is -2.61. The number of carbonyl (C=O) groups excluding carboxylic acids is 1. The van der Waals surface area contributed by atoms with E-state index in [1.807, 2.05) is 31.3 Å². The Kier molecular flexibility index (Phi) is 15.7. The van der Waals surface area contributed by atoms with Gasteiger partial charge in [0.2, 0.25) is 0 Å². The summed E-state index contributed by atoms with van der Waals surface area (Å²) in [7, 11) is 6.58. The fourth-order valence-electron chi connectivity index (χ4n) is 13.4. The van der Waals surface area contributed by atoms with Crippen LogP contribution in [0.4, 0.5) is 0 Å². The Morgan fingerprint density at radius 1 is 0.865 bits per heavy atom. The quantitative estimate of drug-likeness (QED) is 0.0576. The van der Waals surface area contributed by atoms with E-state index in [9.17, 15) is 30.6 Å². The first-order valence-electron chi connectivity index (χ1n) is 26.7. The molecule has 0 unspecified atom stereocenters. The highest BCUT2D eigenvalue weighted by Crippen LogP contribution is 2.53. The van der Waals surface area contributed by atoms with Crippen LogP contribution in [0, 0.1) is 17.8 Å². The lowest BCUT2D eigenvalue weighted by atomic mass is 9.55. The lowest BCUT2D eigenvalue weighted by molar-refractivity contribution is -0.149. The number of methoxy groups -OCH3 is 1. The summed E-state index contributed by atoms with van der Waals surface area (Å²) in [6.07, 6.45) is 10.5. The highest BCUT2D eigenvalue weighted by atomic mass is 33.1. The maximum atomic E-state index is 16.8. The zero-order valence-electron chi connectivity index (χ0n) is 42.8. The number of aliphatic hydroxyl groups excluding tert-OH is 3. The number of aromatic hydroxyl groups is 3. The van der Waals surface area contributed by atoms with Crippen LogP contribution in [0.3, 0.4) is 0 Å². The van der Waals surface area contributed by atoms with Crippen molar-refractivity contribution in [2.24, 2.45) is 17.8 Å². The van der Waals surface area contributed by atoms with Crippen molar-refractivity contribution >= 4 is 38.1 Å². The number of ether oxygens (including phenoxy) is 2. The van der Waals surface area contributed by atoms with Crippen LogP contribution in [0.25, 0.3) is 10.8 Å². The Hall–Kier alpha value is -5.15. The highest BCUT2D eigenvalue weighted by Gasteiger charge is 2.58. The number of fused-ring (bicyclic) bond motifs is 2. The molecule has 392 valence electrons. The number of aryl methyl sites for hydroxylation is 1. The Morgan fingerprint density at radius 2 is 1.65 bits per heavy atom. The average Bonchev–Trinajstić information content (AvgIpc) is 4.23. The minimum absolute atomic E-state index is 0.00402. The fourth-order valence-corrected chi connectivity index (χ4v) is 16.3. The van der Waals surface area contributed by atoms with Crippen molar-refractivity contribution in [2.75, 3.05) is 26.5 Å². The molecule has 13 heteroatoms. The molecule has 0 amide bonds. The first kappa shape index (κ1) is 52.3. The number of Topliss-reactive ketones (excluding diaryl/α,β-unsaturated/α-hetero) is 1. The monoisotopic (exact) mass is 1040 g/mol. The van der Waals surface area contributed by atoms with Crippen molar-refractivity contribution < 1.29 is 44.9 Å². The Bertz CT molecular complexity index is 2950. The zero-order valence-corrected chi connectivity index (χ0v) is 44.4. The number of aromatic nitrogens is 1. The molecule has 6 aromatic rings. The molecule has 11 nitrogen and oxygen atoms in total. The second-order valence-corrected chi connectivity index (χ2v) is 24.1. The SMILES string of the molecule is CCc1ccc2cccc3c2c1Cc1c(ccc(O)c1OC)C[C@@H](Cc1cc[n-]c1)[C@H](O)[C@@H]1C(=O)[C@](Cc2ccc(O)c(OC4CCCC4)c2)(c2cc(O)cc(C4(NC)CCCC4)c2)[C@H](O)C[C@H]1CSS[C@H]3CO. The minimum atomic E-state index is -1.67. The van der Waals surface area contributed by atoms with Crippen LogP contribution in [0.1, 0.15) is 120 Å². The molecule has 7 atom stereocenters. The van der Waals surface area contributed by atoms with Gasteiger partial charge >= 0.3 is 0 Å². The molecule has 0 spiro atoms. The lowest BCUT2D eigenvalue weighted by Gasteiger charge is -2.49. The Morgan fingerprint density at radius 3 is 2.38 bits per heavy atom. The van der Waals surface area contributed by atoms with Gasteiger partial charge in [-0.05, 0) is 170 Å².